The first-order chi connectivity index (χ1) is 7.96. The van der Waals surface area contributed by atoms with Crippen LogP contribution in [0.2, 0.25) is 0 Å². The minimum absolute atomic E-state index is 0.441. The van der Waals surface area contributed by atoms with Crippen molar-refractivity contribution in [3.05, 3.63) is 0 Å². The van der Waals surface area contributed by atoms with Crippen LogP contribution in [-0.2, 0) is 4.74 Å². The zero-order valence-corrected chi connectivity index (χ0v) is 10.0. The van der Waals surface area contributed by atoms with Gasteiger partial charge in [0.25, 0.3) is 0 Å². The number of halogens is 4. The van der Waals surface area contributed by atoms with Crippen LogP contribution in [0.5, 0.6) is 0 Å². The fraction of sp³-hybridized carbons (Fsp3) is 1.00. The molecule has 0 bridgehead atoms. The van der Waals surface area contributed by atoms with E-state index in [4.69, 9.17) is 4.74 Å². The molecule has 7 heteroatoms. The summed E-state index contributed by atoms with van der Waals surface area (Å²) in [6, 6.07) is -0.685. The number of thioether (sulfide) groups is 1. The molecule has 2 aliphatic heterocycles. The Hall–Kier alpha value is -0.0100. The van der Waals surface area contributed by atoms with Crippen molar-refractivity contribution in [2.45, 2.75) is 36.8 Å². The third kappa shape index (κ3) is 2.71. The van der Waals surface area contributed by atoms with E-state index < -0.39 is 30.4 Å². The number of hydrogen-bond donors (Lipinski definition) is 1. The van der Waals surface area contributed by atoms with E-state index >= 15 is 0 Å². The number of rotatable bonds is 3. The molecule has 2 nitrogen and oxygen atoms in total. The second-order valence-corrected chi connectivity index (χ2v) is 5.59. The second-order valence-electron chi connectivity index (χ2n) is 4.49. The number of hydrogen-bond acceptors (Lipinski definition) is 3. The molecule has 0 aromatic carbocycles. The van der Waals surface area contributed by atoms with Gasteiger partial charge in [-0.1, -0.05) is 0 Å². The quantitative estimate of drug-likeness (QED) is 0.796. The summed E-state index contributed by atoms with van der Waals surface area (Å²) in [5.74, 6) is -2.51. The number of ether oxygens (including phenoxy) is 1. The Kier molecular flexibility index (Phi) is 3.89. The Morgan fingerprint density at radius 3 is 2.82 bits per heavy atom. The van der Waals surface area contributed by atoms with E-state index in [0.717, 1.165) is 5.75 Å². The van der Waals surface area contributed by atoms with Gasteiger partial charge in [0, 0.05) is 24.8 Å². The van der Waals surface area contributed by atoms with Crippen molar-refractivity contribution in [3.63, 3.8) is 0 Å². The maximum Gasteiger partial charge on any atom is 0.309 e. The first-order valence-corrected chi connectivity index (χ1v) is 6.73. The van der Waals surface area contributed by atoms with Crippen LogP contribution in [0, 0.1) is 0 Å². The highest BCUT2D eigenvalue weighted by molar-refractivity contribution is 7.99. The van der Waals surface area contributed by atoms with Crippen LogP contribution in [0.15, 0.2) is 0 Å². The predicted molar refractivity (Wildman–Crippen MR) is 58.0 cm³/mol. The van der Waals surface area contributed by atoms with Crippen LogP contribution in [0.3, 0.4) is 0 Å². The molecule has 2 unspecified atom stereocenters. The van der Waals surface area contributed by atoms with Gasteiger partial charge in [-0.25, -0.2) is 17.6 Å². The minimum Gasteiger partial charge on any atom is -0.371 e. The van der Waals surface area contributed by atoms with E-state index in [1.54, 1.807) is 11.8 Å². The summed E-state index contributed by atoms with van der Waals surface area (Å²) < 4.78 is 56.3. The van der Waals surface area contributed by atoms with Crippen molar-refractivity contribution < 1.29 is 22.3 Å². The first-order valence-electron chi connectivity index (χ1n) is 5.57. The van der Waals surface area contributed by atoms with Crippen molar-refractivity contribution in [2.24, 2.45) is 0 Å². The maximum atomic E-state index is 13.1. The van der Waals surface area contributed by atoms with Crippen molar-refractivity contribution in [2.75, 3.05) is 24.7 Å². The molecule has 0 radical (unpaired) electrons. The van der Waals surface area contributed by atoms with Gasteiger partial charge in [0.15, 0.2) is 0 Å². The minimum atomic E-state index is -3.95. The van der Waals surface area contributed by atoms with Crippen molar-refractivity contribution in [1.82, 2.24) is 5.32 Å². The molecular weight excluding hydrogens is 258 g/mol. The van der Waals surface area contributed by atoms with E-state index in [1.165, 1.54) is 0 Å². The van der Waals surface area contributed by atoms with Gasteiger partial charge < -0.3 is 10.1 Å². The van der Waals surface area contributed by atoms with Gasteiger partial charge in [-0.2, -0.15) is 11.8 Å². The van der Waals surface area contributed by atoms with Crippen molar-refractivity contribution in [3.8, 4) is 0 Å². The molecule has 2 fully saturated rings. The summed E-state index contributed by atoms with van der Waals surface area (Å²) in [5.41, 5.74) is -0.679. The maximum absolute atomic E-state index is 13.1. The van der Waals surface area contributed by atoms with Gasteiger partial charge >= 0.3 is 12.3 Å². The number of nitrogens with one attached hydrogen (secondary N) is 1. The third-order valence-electron chi connectivity index (χ3n) is 3.33. The zero-order chi connectivity index (χ0) is 12.5. The van der Waals surface area contributed by atoms with Crippen LogP contribution >= 0.6 is 11.8 Å². The van der Waals surface area contributed by atoms with Crippen molar-refractivity contribution in [1.29, 1.82) is 0 Å². The van der Waals surface area contributed by atoms with E-state index in [-0.39, 0.29) is 0 Å². The highest BCUT2D eigenvalue weighted by Crippen LogP contribution is 2.40. The molecule has 1 spiro atoms. The number of alkyl halides is 4. The molecule has 0 amide bonds. The highest BCUT2D eigenvalue weighted by Gasteiger charge is 2.51. The molecule has 2 rings (SSSR count). The summed E-state index contributed by atoms with van der Waals surface area (Å²) in [5, 5.41) is 2.91. The van der Waals surface area contributed by atoms with E-state index in [9.17, 15) is 17.6 Å². The third-order valence-corrected chi connectivity index (χ3v) is 4.51. The molecule has 1 N–H and O–H groups in total. The molecule has 2 heterocycles. The molecule has 100 valence electrons. The molecule has 17 heavy (non-hydrogen) atoms. The van der Waals surface area contributed by atoms with Gasteiger partial charge in [0.1, 0.15) is 0 Å². The SMILES string of the molecule is FC(F)C(F)(F)CC1NCCOC12CCSC2. The van der Waals surface area contributed by atoms with Gasteiger partial charge in [0.2, 0.25) is 0 Å². The summed E-state index contributed by atoms with van der Waals surface area (Å²) >= 11 is 1.62. The lowest BCUT2D eigenvalue weighted by molar-refractivity contribution is -0.161. The summed E-state index contributed by atoms with van der Waals surface area (Å²) in [6.07, 6.45) is -3.82. The highest BCUT2D eigenvalue weighted by atomic mass is 32.2. The topological polar surface area (TPSA) is 21.3 Å². The lowest BCUT2D eigenvalue weighted by Gasteiger charge is -2.42. The smallest absolute Gasteiger partial charge is 0.309 e. The van der Waals surface area contributed by atoms with Crippen LogP contribution in [-0.4, -0.2) is 48.6 Å². The zero-order valence-electron chi connectivity index (χ0n) is 9.23. The Labute approximate surface area is 101 Å². The Balaban J connectivity index is 2.07. The number of morpholine rings is 1. The lowest BCUT2D eigenvalue weighted by atomic mass is 9.87. The summed E-state index contributed by atoms with van der Waals surface area (Å²) in [6.45, 7) is 0.897. The molecule has 0 aromatic rings. The monoisotopic (exact) mass is 273 g/mol. The first kappa shape index (κ1) is 13.4. The van der Waals surface area contributed by atoms with Gasteiger partial charge in [-0.3, -0.25) is 0 Å². The van der Waals surface area contributed by atoms with Gasteiger partial charge in [-0.05, 0) is 12.2 Å². The van der Waals surface area contributed by atoms with Crippen LogP contribution in [0.1, 0.15) is 12.8 Å². The van der Waals surface area contributed by atoms with Crippen LogP contribution in [0.25, 0.3) is 0 Å². The molecule has 0 aromatic heterocycles. The normalized spacial score (nSPS) is 34.8. The fourth-order valence-corrected chi connectivity index (χ4v) is 3.75. The largest absolute Gasteiger partial charge is 0.371 e. The summed E-state index contributed by atoms with van der Waals surface area (Å²) in [7, 11) is 0. The average molecular weight is 273 g/mol. The molecular formula is C10H15F4NOS. The standard InChI is InChI=1S/C10H15F4NOS/c11-8(12)10(13,14)5-7-9(1-4-17-6-9)16-3-2-15-7/h7-8,15H,1-6H2. The van der Waals surface area contributed by atoms with E-state index in [1.807, 2.05) is 0 Å². The molecule has 0 saturated carbocycles. The lowest BCUT2D eigenvalue weighted by Crippen LogP contribution is -2.60. The van der Waals surface area contributed by atoms with Gasteiger partial charge in [-0.15, -0.1) is 0 Å². The fourth-order valence-electron chi connectivity index (χ4n) is 2.34. The second kappa shape index (κ2) is 4.93. The Morgan fingerprint density at radius 1 is 1.47 bits per heavy atom. The van der Waals surface area contributed by atoms with Crippen LogP contribution in [0.4, 0.5) is 17.6 Å². The predicted octanol–water partition coefficient (Wildman–Crippen LogP) is 2.14. The molecule has 2 atom stereocenters. The van der Waals surface area contributed by atoms with Crippen molar-refractivity contribution >= 4 is 11.8 Å². The average Bonchev–Trinajstić information content (AvgIpc) is 2.71. The Bertz CT molecular complexity index is 271. The van der Waals surface area contributed by atoms with E-state index in [2.05, 4.69) is 5.32 Å². The van der Waals surface area contributed by atoms with E-state index in [0.29, 0.717) is 25.3 Å². The molecule has 2 aliphatic rings. The molecule has 0 aliphatic carbocycles. The Morgan fingerprint density at radius 2 is 2.24 bits per heavy atom. The summed E-state index contributed by atoms with van der Waals surface area (Å²) in [4.78, 5) is 0. The van der Waals surface area contributed by atoms with Crippen LogP contribution < -0.4 is 5.32 Å². The van der Waals surface area contributed by atoms with Gasteiger partial charge in [0.05, 0.1) is 12.2 Å². The molecule has 2 saturated heterocycles.